The number of nitrogens with two attached hydrogens (primary N) is 1. The van der Waals surface area contributed by atoms with Crippen molar-refractivity contribution in [2.45, 2.75) is 6.42 Å². The highest BCUT2D eigenvalue weighted by Gasteiger charge is 2.13. The monoisotopic (exact) mass is 323 g/mol. The number of carbonyl (C=O) groups excluding carboxylic acids is 1. The zero-order chi connectivity index (χ0) is 15.2. The van der Waals surface area contributed by atoms with Gasteiger partial charge in [0.05, 0.1) is 24.0 Å². The maximum atomic E-state index is 13.6. The molecule has 1 heterocycles. The number of thiazole rings is 1. The van der Waals surface area contributed by atoms with Gasteiger partial charge in [-0.3, -0.25) is 4.79 Å². The van der Waals surface area contributed by atoms with Crippen LogP contribution in [0.2, 0.25) is 5.02 Å². The Morgan fingerprint density at radius 2 is 2.33 bits per heavy atom. The normalized spacial score (nSPS) is 9.86. The molecular weight excluding hydrogens is 313 g/mol. The molecule has 21 heavy (non-hydrogen) atoms. The van der Waals surface area contributed by atoms with Gasteiger partial charge in [0.2, 0.25) is 5.91 Å². The Morgan fingerprint density at radius 3 is 3.05 bits per heavy atom. The molecule has 3 N–H and O–H groups in total. The third-order valence-electron chi connectivity index (χ3n) is 2.46. The molecule has 0 radical (unpaired) electrons. The van der Waals surface area contributed by atoms with Crippen molar-refractivity contribution < 1.29 is 9.18 Å². The van der Waals surface area contributed by atoms with Crippen LogP contribution < -0.4 is 11.1 Å². The molecule has 2 rings (SSSR count). The Hall–Kier alpha value is -1.94. The molecule has 0 atom stereocenters. The van der Waals surface area contributed by atoms with E-state index >= 15 is 0 Å². The average molecular weight is 324 g/mol. The Morgan fingerprint density at radius 1 is 1.52 bits per heavy atom. The molecule has 1 aromatic carbocycles. The molecule has 108 valence electrons. The Kier molecular flexibility index (Phi) is 5.28. The maximum absolute atomic E-state index is 13.6. The third kappa shape index (κ3) is 4.26. The molecule has 0 unspecified atom stereocenters. The fourth-order valence-corrected chi connectivity index (χ4v) is 2.49. The molecule has 0 bridgehead atoms. The van der Waals surface area contributed by atoms with Crippen LogP contribution in [-0.2, 0) is 11.2 Å². The average Bonchev–Trinajstić information content (AvgIpc) is 2.88. The summed E-state index contributed by atoms with van der Waals surface area (Å²) in [6, 6.07) is 4.29. The summed E-state index contributed by atoms with van der Waals surface area (Å²) in [5, 5.41) is 3.20. The number of carbonyl (C=O) groups is 1. The molecule has 7 heteroatoms. The minimum atomic E-state index is -0.508. The lowest BCUT2D eigenvalue weighted by Crippen LogP contribution is -2.15. The molecule has 0 saturated heterocycles. The summed E-state index contributed by atoms with van der Waals surface area (Å²) in [7, 11) is 0. The second-order valence-electron chi connectivity index (χ2n) is 3.96. The van der Waals surface area contributed by atoms with Crippen LogP contribution in [0.15, 0.2) is 24.4 Å². The number of amides is 1. The fraction of sp³-hybridized carbons (Fsp3) is 0.143. The van der Waals surface area contributed by atoms with Gasteiger partial charge in [-0.2, -0.15) is 0 Å². The number of hydrogen-bond donors (Lipinski definition) is 2. The summed E-state index contributed by atoms with van der Waals surface area (Å²) < 4.78 is 13.6. The summed E-state index contributed by atoms with van der Waals surface area (Å²) in [4.78, 5) is 16.6. The van der Waals surface area contributed by atoms with Crippen molar-refractivity contribution >= 4 is 34.0 Å². The van der Waals surface area contributed by atoms with E-state index < -0.39 is 11.7 Å². The zero-order valence-electron chi connectivity index (χ0n) is 10.8. The quantitative estimate of drug-likeness (QED) is 0.852. The van der Waals surface area contributed by atoms with Crippen molar-refractivity contribution in [3.63, 3.8) is 0 Å². The van der Waals surface area contributed by atoms with Crippen molar-refractivity contribution in [1.82, 2.24) is 4.98 Å². The lowest BCUT2D eigenvalue weighted by Gasteiger charge is -2.05. The van der Waals surface area contributed by atoms with E-state index in [0.717, 1.165) is 0 Å². The molecule has 0 aliphatic rings. The highest BCUT2D eigenvalue weighted by atomic mass is 35.5. The SMILES string of the molecule is NCC#Cc1cnc(NC(=O)Cc2c(F)cccc2Cl)s1. The molecule has 1 amide bonds. The molecule has 1 aromatic heterocycles. The number of anilines is 1. The van der Waals surface area contributed by atoms with Gasteiger partial charge in [-0.05, 0) is 12.1 Å². The van der Waals surface area contributed by atoms with Crippen molar-refractivity contribution in [3.8, 4) is 11.8 Å². The number of halogens is 2. The van der Waals surface area contributed by atoms with E-state index in [1.165, 1.54) is 29.5 Å². The van der Waals surface area contributed by atoms with E-state index in [9.17, 15) is 9.18 Å². The number of hydrogen-bond acceptors (Lipinski definition) is 4. The largest absolute Gasteiger partial charge is 0.320 e. The predicted octanol–water partition coefficient (Wildman–Crippen LogP) is 2.43. The maximum Gasteiger partial charge on any atom is 0.230 e. The summed E-state index contributed by atoms with van der Waals surface area (Å²) in [5.74, 6) is 4.61. The van der Waals surface area contributed by atoms with Gasteiger partial charge < -0.3 is 11.1 Å². The molecule has 0 aliphatic carbocycles. The second kappa shape index (κ2) is 7.18. The Labute approximate surface area is 130 Å². The van der Waals surface area contributed by atoms with Crippen molar-refractivity contribution in [2.75, 3.05) is 11.9 Å². The molecule has 0 spiro atoms. The van der Waals surface area contributed by atoms with Gasteiger partial charge in [-0.1, -0.05) is 40.8 Å². The van der Waals surface area contributed by atoms with E-state index in [2.05, 4.69) is 22.1 Å². The van der Waals surface area contributed by atoms with Crippen LogP contribution in [0.25, 0.3) is 0 Å². The third-order valence-corrected chi connectivity index (χ3v) is 3.65. The van der Waals surface area contributed by atoms with Crippen molar-refractivity contribution in [1.29, 1.82) is 0 Å². The summed E-state index contributed by atoms with van der Waals surface area (Å²) in [5.41, 5.74) is 5.43. The standard InChI is InChI=1S/C14H11ClFN3OS/c15-11-4-1-5-12(16)10(11)7-13(20)19-14-18-8-9(21-14)3-2-6-17/h1,4-5,8H,6-7,17H2,(H,18,19,20). The summed E-state index contributed by atoms with van der Waals surface area (Å²) >= 11 is 7.10. The minimum absolute atomic E-state index is 0.158. The van der Waals surface area contributed by atoms with E-state index in [4.69, 9.17) is 17.3 Å². The summed E-state index contributed by atoms with van der Waals surface area (Å²) in [6.07, 6.45) is 1.38. The lowest BCUT2D eigenvalue weighted by molar-refractivity contribution is -0.115. The topological polar surface area (TPSA) is 68.0 Å². The van der Waals surface area contributed by atoms with Gasteiger partial charge in [0.15, 0.2) is 5.13 Å². The first kappa shape index (κ1) is 15.4. The first-order valence-electron chi connectivity index (χ1n) is 5.97. The molecule has 0 aliphatic heterocycles. The van der Waals surface area contributed by atoms with Gasteiger partial charge in [0, 0.05) is 10.6 Å². The van der Waals surface area contributed by atoms with Gasteiger partial charge in [-0.15, -0.1) is 0 Å². The van der Waals surface area contributed by atoms with E-state index in [1.807, 2.05) is 0 Å². The molecule has 2 aromatic rings. The van der Waals surface area contributed by atoms with Crippen LogP contribution in [0.1, 0.15) is 10.4 Å². The van der Waals surface area contributed by atoms with E-state index in [1.54, 1.807) is 6.20 Å². The molecule has 0 fully saturated rings. The van der Waals surface area contributed by atoms with Crippen LogP contribution in [0, 0.1) is 17.7 Å². The minimum Gasteiger partial charge on any atom is -0.320 e. The van der Waals surface area contributed by atoms with Crippen LogP contribution in [0.3, 0.4) is 0 Å². The van der Waals surface area contributed by atoms with Crippen LogP contribution in [0.5, 0.6) is 0 Å². The Bertz CT molecular complexity index is 700. The predicted molar refractivity (Wildman–Crippen MR) is 81.8 cm³/mol. The zero-order valence-corrected chi connectivity index (χ0v) is 12.4. The van der Waals surface area contributed by atoms with Gasteiger partial charge in [-0.25, -0.2) is 9.37 Å². The first-order valence-corrected chi connectivity index (χ1v) is 7.17. The van der Waals surface area contributed by atoms with Gasteiger partial charge >= 0.3 is 0 Å². The van der Waals surface area contributed by atoms with Crippen LogP contribution >= 0.6 is 22.9 Å². The van der Waals surface area contributed by atoms with E-state index in [0.29, 0.717) is 10.0 Å². The van der Waals surface area contributed by atoms with Crippen molar-refractivity contribution in [3.05, 3.63) is 45.7 Å². The van der Waals surface area contributed by atoms with Crippen LogP contribution in [-0.4, -0.2) is 17.4 Å². The Balaban J connectivity index is 2.03. The smallest absolute Gasteiger partial charge is 0.230 e. The van der Waals surface area contributed by atoms with Gasteiger partial charge in [0.25, 0.3) is 0 Å². The van der Waals surface area contributed by atoms with Gasteiger partial charge in [0.1, 0.15) is 5.82 Å². The van der Waals surface area contributed by atoms with E-state index in [-0.39, 0.29) is 23.6 Å². The summed E-state index contributed by atoms with van der Waals surface area (Å²) in [6.45, 7) is 0.255. The number of nitrogens with zero attached hydrogens (tertiary/aromatic N) is 1. The highest BCUT2D eigenvalue weighted by Crippen LogP contribution is 2.21. The lowest BCUT2D eigenvalue weighted by atomic mass is 10.1. The van der Waals surface area contributed by atoms with Crippen LogP contribution in [0.4, 0.5) is 9.52 Å². The molecular formula is C14H11ClFN3OS. The number of rotatable bonds is 3. The van der Waals surface area contributed by atoms with Crippen molar-refractivity contribution in [2.24, 2.45) is 5.73 Å². The highest BCUT2D eigenvalue weighted by molar-refractivity contribution is 7.16. The molecule has 0 saturated carbocycles. The number of benzene rings is 1. The number of nitrogens with one attached hydrogen (secondary N) is 1. The number of aromatic nitrogens is 1. The first-order chi connectivity index (χ1) is 10.1. The molecule has 4 nitrogen and oxygen atoms in total. The second-order valence-corrected chi connectivity index (χ2v) is 5.40. The fourth-order valence-electron chi connectivity index (χ4n) is 1.55.